The summed E-state index contributed by atoms with van der Waals surface area (Å²) in [6, 6.07) is 28.6. The molecule has 0 aliphatic rings. The first kappa shape index (κ1) is 34.1. The molecule has 1 amide bonds. The fourth-order valence-electron chi connectivity index (χ4n) is 3.90. The van der Waals surface area contributed by atoms with Crippen molar-refractivity contribution in [1.82, 2.24) is 25.7 Å². The van der Waals surface area contributed by atoms with Crippen LogP contribution in [0.25, 0.3) is 11.3 Å². The van der Waals surface area contributed by atoms with Crippen molar-refractivity contribution in [2.45, 2.75) is 33.4 Å². The van der Waals surface area contributed by atoms with Crippen LogP contribution in [-0.2, 0) is 13.1 Å². The molecule has 0 radical (unpaired) electrons. The van der Waals surface area contributed by atoms with E-state index in [9.17, 15) is 9.59 Å². The zero-order chi connectivity index (χ0) is 31.6. The Morgan fingerprint density at radius 3 is 2.27 bits per heavy atom. The summed E-state index contributed by atoms with van der Waals surface area (Å²) in [5, 5.41) is 13.5. The number of nitrogens with zero attached hydrogens (tertiary/aromatic N) is 3. The van der Waals surface area contributed by atoms with Crippen LogP contribution in [0.4, 0.5) is 0 Å². The number of aldehydes is 1. The Balaban J connectivity index is 0.000000252. The van der Waals surface area contributed by atoms with Crippen molar-refractivity contribution in [1.29, 1.82) is 0 Å². The lowest BCUT2D eigenvalue weighted by Gasteiger charge is -2.06. The van der Waals surface area contributed by atoms with Gasteiger partial charge in [-0.05, 0) is 53.0 Å². The highest BCUT2D eigenvalue weighted by molar-refractivity contribution is 7.09. The van der Waals surface area contributed by atoms with Crippen molar-refractivity contribution in [2.75, 3.05) is 27.2 Å². The number of carbonyl (C=O) groups excluding carboxylic acids is 2. The topological polar surface area (TPSA) is 100 Å². The molecule has 0 saturated carbocycles. The second kappa shape index (κ2) is 19.0. The first-order valence-corrected chi connectivity index (χ1v) is 15.3. The molecule has 0 saturated heterocycles. The van der Waals surface area contributed by atoms with Crippen LogP contribution >= 0.6 is 11.3 Å². The second-order valence-corrected chi connectivity index (χ2v) is 11.3. The van der Waals surface area contributed by atoms with E-state index in [4.69, 9.17) is 4.52 Å². The highest BCUT2D eigenvalue weighted by Gasteiger charge is 2.07. The molecule has 44 heavy (non-hydrogen) atoms. The lowest BCUT2D eigenvalue weighted by Crippen LogP contribution is -2.27. The summed E-state index contributed by atoms with van der Waals surface area (Å²) in [6.07, 6.45) is 1.51. The number of carbonyl (C=O) groups is 2. The van der Waals surface area contributed by atoms with Crippen molar-refractivity contribution >= 4 is 23.5 Å². The van der Waals surface area contributed by atoms with Gasteiger partial charge >= 0.3 is 0 Å². The van der Waals surface area contributed by atoms with E-state index in [1.807, 2.05) is 61.5 Å². The SMILES string of the molecule is Cc1ccccc1.Cc1csc(CN(C)C)n1.O=Cc1cccc(C(=O)NCCCNCc2cc(-c3ccccc3)on2)c1. The van der Waals surface area contributed by atoms with Crippen LogP contribution in [0.1, 0.15) is 49.1 Å². The summed E-state index contributed by atoms with van der Waals surface area (Å²) in [6.45, 7) is 6.95. The van der Waals surface area contributed by atoms with Gasteiger partial charge in [-0.25, -0.2) is 4.98 Å². The molecule has 2 aromatic heterocycles. The van der Waals surface area contributed by atoms with Crippen molar-refractivity contribution in [3.05, 3.63) is 129 Å². The Bertz CT molecular complexity index is 1530. The minimum atomic E-state index is -0.178. The van der Waals surface area contributed by atoms with E-state index in [0.717, 1.165) is 48.5 Å². The molecular weight excluding hydrogens is 570 g/mol. The summed E-state index contributed by atoms with van der Waals surface area (Å²) in [5.41, 5.74) is 5.26. The predicted octanol–water partition coefficient (Wildman–Crippen LogP) is 6.57. The average Bonchev–Trinajstić information content (AvgIpc) is 3.68. The smallest absolute Gasteiger partial charge is 0.251 e. The van der Waals surface area contributed by atoms with E-state index in [1.165, 1.54) is 10.6 Å². The van der Waals surface area contributed by atoms with E-state index in [2.05, 4.69) is 64.2 Å². The third kappa shape index (κ3) is 12.8. The van der Waals surface area contributed by atoms with E-state index < -0.39 is 0 Å². The molecule has 0 atom stereocenters. The fraction of sp³-hybridized carbons (Fsp3) is 0.257. The quantitative estimate of drug-likeness (QED) is 0.129. The normalized spacial score (nSPS) is 10.3. The number of rotatable bonds is 11. The largest absolute Gasteiger partial charge is 0.356 e. The maximum Gasteiger partial charge on any atom is 0.251 e. The molecule has 0 aliphatic heterocycles. The molecule has 230 valence electrons. The van der Waals surface area contributed by atoms with Gasteiger partial charge in [0.1, 0.15) is 11.3 Å². The Morgan fingerprint density at radius 1 is 0.932 bits per heavy atom. The molecule has 5 aromatic rings. The lowest BCUT2D eigenvalue weighted by molar-refractivity contribution is 0.0953. The summed E-state index contributed by atoms with van der Waals surface area (Å²) < 4.78 is 5.36. The molecule has 9 heteroatoms. The van der Waals surface area contributed by atoms with Crippen LogP contribution in [0.5, 0.6) is 0 Å². The molecule has 2 heterocycles. The Kier molecular flexibility index (Phi) is 14.7. The highest BCUT2D eigenvalue weighted by atomic mass is 32.1. The molecular formula is C35H41N5O3S. The van der Waals surface area contributed by atoms with Crippen molar-refractivity contribution < 1.29 is 14.1 Å². The van der Waals surface area contributed by atoms with Gasteiger partial charge in [-0.3, -0.25) is 9.59 Å². The summed E-state index contributed by atoms with van der Waals surface area (Å²) in [7, 11) is 4.10. The maximum atomic E-state index is 12.0. The molecule has 0 bridgehead atoms. The van der Waals surface area contributed by atoms with E-state index >= 15 is 0 Å². The predicted molar refractivity (Wildman–Crippen MR) is 178 cm³/mol. The molecule has 0 spiro atoms. The summed E-state index contributed by atoms with van der Waals surface area (Å²) in [4.78, 5) is 29.2. The van der Waals surface area contributed by atoms with Crippen LogP contribution in [0.2, 0.25) is 0 Å². The van der Waals surface area contributed by atoms with Crippen LogP contribution in [0, 0.1) is 13.8 Å². The number of nitrogens with one attached hydrogen (secondary N) is 2. The van der Waals surface area contributed by atoms with Crippen molar-refractivity contribution in [2.24, 2.45) is 0 Å². The number of amides is 1. The first-order chi connectivity index (χ1) is 21.3. The summed E-state index contributed by atoms with van der Waals surface area (Å²) in [5.74, 6) is 0.569. The molecule has 0 unspecified atom stereocenters. The molecule has 0 aliphatic carbocycles. The van der Waals surface area contributed by atoms with Gasteiger partial charge in [0.15, 0.2) is 5.76 Å². The van der Waals surface area contributed by atoms with Gasteiger partial charge < -0.3 is 20.1 Å². The molecule has 8 nitrogen and oxygen atoms in total. The molecule has 2 N–H and O–H groups in total. The van der Waals surface area contributed by atoms with Crippen LogP contribution < -0.4 is 10.6 Å². The Hall–Kier alpha value is -4.44. The van der Waals surface area contributed by atoms with Crippen LogP contribution in [0.3, 0.4) is 0 Å². The van der Waals surface area contributed by atoms with Gasteiger partial charge in [0.05, 0.1) is 5.69 Å². The minimum Gasteiger partial charge on any atom is -0.356 e. The number of benzene rings is 3. The minimum absolute atomic E-state index is 0.178. The number of hydrogen-bond acceptors (Lipinski definition) is 8. The third-order valence-electron chi connectivity index (χ3n) is 6.08. The molecule has 0 fully saturated rings. The van der Waals surface area contributed by atoms with Gasteiger partial charge in [0, 0.05) is 53.5 Å². The zero-order valence-corrected chi connectivity index (χ0v) is 26.6. The Labute approximate surface area is 264 Å². The van der Waals surface area contributed by atoms with E-state index in [1.54, 1.807) is 35.6 Å². The van der Waals surface area contributed by atoms with Crippen LogP contribution in [-0.4, -0.2) is 54.4 Å². The number of aryl methyl sites for hydroxylation is 2. The van der Waals surface area contributed by atoms with Gasteiger partial charge in [0.2, 0.25) is 0 Å². The average molecular weight is 612 g/mol. The first-order valence-electron chi connectivity index (χ1n) is 14.5. The Morgan fingerprint density at radius 2 is 1.66 bits per heavy atom. The van der Waals surface area contributed by atoms with Gasteiger partial charge in [-0.1, -0.05) is 83.5 Å². The standard InChI is InChI=1S/C21H21N3O3.C7H12N2S.C7H8/c25-15-16-6-4-9-18(12-16)21(26)23-11-5-10-22-14-19-13-20(27-24-19)17-7-2-1-3-8-17;1-6-5-10-7(8-6)4-9(2)3;1-7-5-3-2-4-6-7/h1-4,6-9,12-13,15,22H,5,10-11,14H2,(H,23,26);5H,4H2,1-3H3;2-6H,1H3. The fourth-order valence-corrected chi connectivity index (χ4v) is 4.79. The van der Waals surface area contributed by atoms with Gasteiger partial charge in [-0.15, -0.1) is 11.3 Å². The van der Waals surface area contributed by atoms with Crippen molar-refractivity contribution in [3.8, 4) is 11.3 Å². The molecule has 3 aromatic carbocycles. The third-order valence-corrected chi connectivity index (χ3v) is 7.03. The van der Waals surface area contributed by atoms with E-state index in [0.29, 0.717) is 24.2 Å². The lowest BCUT2D eigenvalue weighted by atomic mass is 10.1. The number of thiazole rings is 1. The highest BCUT2D eigenvalue weighted by Crippen LogP contribution is 2.19. The number of hydrogen-bond donors (Lipinski definition) is 2. The summed E-state index contributed by atoms with van der Waals surface area (Å²) >= 11 is 1.73. The van der Waals surface area contributed by atoms with E-state index in [-0.39, 0.29) is 5.91 Å². The molecule has 5 rings (SSSR count). The second-order valence-electron chi connectivity index (χ2n) is 10.4. The number of aromatic nitrogens is 2. The van der Waals surface area contributed by atoms with Crippen molar-refractivity contribution in [3.63, 3.8) is 0 Å². The van der Waals surface area contributed by atoms with Gasteiger partial charge in [0.25, 0.3) is 5.91 Å². The zero-order valence-electron chi connectivity index (χ0n) is 25.8. The monoisotopic (exact) mass is 611 g/mol. The van der Waals surface area contributed by atoms with Gasteiger partial charge in [-0.2, -0.15) is 0 Å². The van der Waals surface area contributed by atoms with Crippen LogP contribution in [0.15, 0.2) is 101 Å². The maximum absolute atomic E-state index is 12.0.